The van der Waals surface area contributed by atoms with Crippen LogP contribution in [-0.2, 0) is 102 Å². The van der Waals surface area contributed by atoms with Crippen molar-refractivity contribution in [3.8, 4) is 5.75 Å². The van der Waals surface area contributed by atoms with Gasteiger partial charge < -0.3 is 130 Å². The van der Waals surface area contributed by atoms with Crippen LogP contribution in [0.15, 0.2) is 97.7 Å². The summed E-state index contributed by atoms with van der Waals surface area (Å²) < 4.78 is 0. The minimum absolute atomic E-state index is 0.0108. The van der Waals surface area contributed by atoms with Crippen molar-refractivity contribution in [1.82, 2.24) is 97.6 Å². The molecule has 0 radical (unpaired) electrons. The third-order valence-electron chi connectivity index (χ3n) is 24.6. The number of hydrogen-bond donors (Lipinski definition) is 20. The summed E-state index contributed by atoms with van der Waals surface area (Å²) in [7, 11) is 4.71. The Bertz CT molecular complexity index is 5070. The first-order chi connectivity index (χ1) is 64.6. The van der Waals surface area contributed by atoms with Crippen LogP contribution in [0.3, 0.4) is 0 Å². The fraction of sp³-hybridized carbons (Fsp3) is 0.554. The molecule has 3 aromatic heterocycles. The Labute approximate surface area is 786 Å². The maximum absolute atomic E-state index is 15.1. The molecular weight excluding hydrogens is 1770 g/mol. The van der Waals surface area contributed by atoms with Gasteiger partial charge in [0.2, 0.25) is 94.5 Å². The average molecular weight is 1900 g/mol. The molecule has 3 aliphatic rings. The molecule has 0 unspecified atom stereocenters. The van der Waals surface area contributed by atoms with E-state index in [1.54, 1.807) is 40.2 Å². The molecule has 0 bridgehead atoms. The van der Waals surface area contributed by atoms with Gasteiger partial charge >= 0.3 is 0 Å². The van der Waals surface area contributed by atoms with Gasteiger partial charge in [-0.05, 0) is 125 Å². The number of aliphatic hydroxyl groups excluding tert-OH is 3. The van der Waals surface area contributed by atoms with Gasteiger partial charge in [-0.25, -0.2) is 4.98 Å². The van der Waals surface area contributed by atoms with Crippen molar-refractivity contribution in [3.63, 3.8) is 0 Å². The zero-order chi connectivity index (χ0) is 98.3. The zero-order valence-corrected chi connectivity index (χ0v) is 78.2. The number of benzene rings is 3. The Kier molecular flexibility index (Phi) is 40.7. The summed E-state index contributed by atoms with van der Waals surface area (Å²) in [5, 5.41) is 69.9. The molecule has 3 aliphatic heterocycles. The van der Waals surface area contributed by atoms with E-state index in [1.165, 1.54) is 58.5 Å². The molecular formula is C92H132N22O20S. The van der Waals surface area contributed by atoms with Crippen molar-refractivity contribution in [2.75, 3.05) is 78.6 Å². The van der Waals surface area contributed by atoms with E-state index in [0.29, 0.717) is 48.9 Å². The fourth-order valence-electron chi connectivity index (χ4n) is 17.3. The second-order valence-electron chi connectivity index (χ2n) is 35.1. The number of unbranched alkanes of at least 4 members (excludes halogenated alkanes) is 2. The first kappa shape index (κ1) is 106. The number of aromatic amines is 3. The zero-order valence-electron chi connectivity index (χ0n) is 77.4. The van der Waals surface area contributed by atoms with Gasteiger partial charge in [0.25, 0.3) is 0 Å². The minimum atomic E-state index is -1.74. The molecule has 23 N–H and O–H groups in total. The van der Waals surface area contributed by atoms with Crippen LogP contribution in [0, 0.1) is 5.92 Å². The van der Waals surface area contributed by atoms with Gasteiger partial charge in [-0.3, -0.25) is 76.7 Å². The SMILES string of the molecule is CCCC[C@@H](C(=O)N(C)[C@@H](CCCC)C(=O)N[C@@H](CCCN)C(=O)N[C@@H](CSCC(=O)N[C@@H](Cc1ccc(O)cc1)C(=O)N1CCC[C@H]1C(=O)N[C@@H](CC(N)=O)C(=O)N1CCC[C@H]1C(=O)N[C@@H](Cc1cnc[nH]1)C(=O)N[C@@H](CC(C)C)C(=O)N1C[C@H](O)C[C@H]1C(=O)N[C@@H](Cc1c[nH]c2ccccc12)C(=O)NC(CO)CO)C(=O)NCC(N)=O)N(C)C(=O)[C@H](Cc1c[nH]c2ccccc12)NC. The van der Waals surface area contributed by atoms with Crippen molar-refractivity contribution in [2.24, 2.45) is 23.1 Å². The number of nitrogens with one attached hydrogen (secondary N) is 13. The number of thioether (sulfide) groups is 1. The van der Waals surface area contributed by atoms with Gasteiger partial charge in [-0.15, -0.1) is 11.8 Å². The van der Waals surface area contributed by atoms with Crippen LogP contribution < -0.4 is 70.4 Å². The molecule has 42 nitrogen and oxygen atoms in total. The van der Waals surface area contributed by atoms with E-state index in [9.17, 15) is 92.3 Å². The number of H-pyrrole nitrogens is 3. The molecule has 0 spiro atoms. The quantitative estimate of drug-likeness (QED) is 0.0192. The van der Waals surface area contributed by atoms with E-state index in [1.807, 2.05) is 62.5 Å². The number of hydrogen-bond acceptors (Lipinski definition) is 24. The van der Waals surface area contributed by atoms with E-state index in [4.69, 9.17) is 17.2 Å². The number of likely N-dealkylation sites (N-methyl/N-ethyl adjacent to an activating group) is 3. The molecule has 16 amide bonds. The lowest BCUT2D eigenvalue weighted by atomic mass is 10.0. The van der Waals surface area contributed by atoms with Gasteiger partial charge in [0.15, 0.2) is 0 Å². The Morgan fingerprint density at radius 1 is 0.548 bits per heavy atom. The van der Waals surface area contributed by atoms with Crippen LogP contribution in [0.2, 0.25) is 0 Å². The van der Waals surface area contributed by atoms with Crippen molar-refractivity contribution >= 4 is 128 Å². The number of phenols is 1. The third-order valence-corrected chi connectivity index (χ3v) is 25.6. The third kappa shape index (κ3) is 29.7. The van der Waals surface area contributed by atoms with Crippen molar-refractivity contribution in [1.29, 1.82) is 0 Å². The number of carbonyl (C=O) groups excluding carboxylic acids is 16. The van der Waals surface area contributed by atoms with Gasteiger partial charge in [-0.2, -0.15) is 0 Å². The largest absolute Gasteiger partial charge is 0.508 e. The number of aromatic hydroxyl groups is 1. The fourth-order valence-corrected chi connectivity index (χ4v) is 18.1. The van der Waals surface area contributed by atoms with Crippen LogP contribution >= 0.6 is 11.8 Å². The summed E-state index contributed by atoms with van der Waals surface area (Å²) >= 11 is 0.821. The second kappa shape index (κ2) is 51.8. The lowest BCUT2D eigenvalue weighted by molar-refractivity contribution is -0.149. The molecule has 6 aromatic rings. The van der Waals surface area contributed by atoms with Gasteiger partial charge in [0.05, 0.1) is 56.4 Å². The van der Waals surface area contributed by atoms with Gasteiger partial charge in [-0.1, -0.05) is 102 Å². The lowest BCUT2D eigenvalue weighted by Gasteiger charge is -2.36. The van der Waals surface area contributed by atoms with Crippen molar-refractivity contribution in [2.45, 2.75) is 240 Å². The number of phenolic OH excluding ortho intramolecular Hbond substituents is 1. The summed E-state index contributed by atoms with van der Waals surface area (Å²) in [6.45, 7) is 5.04. The van der Waals surface area contributed by atoms with Crippen LogP contribution in [-0.4, -0.2) is 329 Å². The minimum Gasteiger partial charge on any atom is -0.508 e. The molecule has 3 saturated heterocycles. The molecule has 9 rings (SSSR count). The monoisotopic (exact) mass is 1900 g/mol. The highest BCUT2D eigenvalue weighted by molar-refractivity contribution is 8.00. The number of primary amides is 2. The number of likely N-dealkylation sites (tertiary alicyclic amines) is 3. The normalized spacial score (nSPS) is 17.6. The number of imidazole rings is 1. The molecule has 736 valence electrons. The van der Waals surface area contributed by atoms with Crippen LogP contribution in [0.5, 0.6) is 5.75 Å². The highest BCUT2D eigenvalue weighted by atomic mass is 32.2. The summed E-state index contributed by atoms with van der Waals surface area (Å²) in [5.41, 5.74) is 21.1. The molecule has 3 fully saturated rings. The average Bonchev–Trinajstić information content (AvgIpc) is 1.65. The van der Waals surface area contributed by atoms with E-state index >= 15 is 4.79 Å². The number of nitrogens with two attached hydrogens (primary N) is 3. The lowest BCUT2D eigenvalue weighted by Crippen LogP contribution is -2.60. The first-order valence-electron chi connectivity index (χ1n) is 46.0. The van der Waals surface area contributed by atoms with Crippen LogP contribution in [0.25, 0.3) is 21.8 Å². The summed E-state index contributed by atoms with van der Waals surface area (Å²) in [6.07, 6.45) is 7.02. The Balaban J connectivity index is 0.857. The second-order valence-corrected chi connectivity index (χ2v) is 36.1. The Hall–Kier alpha value is -12.6. The molecule has 0 saturated carbocycles. The molecule has 3 aromatic carbocycles. The molecule has 6 heterocycles. The highest BCUT2D eigenvalue weighted by Crippen LogP contribution is 2.29. The van der Waals surface area contributed by atoms with E-state index in [2.05, 4.69) is 73.1 Å². The number of para-hydroxylation sites is 2. The van der Waals surface area contributed by atoms with E-state index in [-0.39, 0.29) is 133 Å². The predicted octanol–water partition coefficient (Wildman–Crippen LogP) is -2.23. The summed E-state index contributed by atoms with van der Waals surface area (Å²) in [6, 6.07) is 2.26. The summed E-state index contributed by atoms with van der Waals surface area (Å²) in [5.74, 6) is -14.2. The molecule has 0 aliphatic carbocycles. The van der Waals surface area contributed by atoms with Gasteiger partial charge in [0.1, 0.15) is 78.3 Å². The van der Waals surface area contributed by atoms with Gasteiger partial charge in [0, 0.05) is 111 Å². The smallest absolute Gasteiger partial charge is 0.246 e. The number of rotatable bonds is 53. The Morgan fingerprint density at radius 3 is 1.63 bits per heavy atom. The van der Waals surface area contributed by atoms with E-state index < -0.39 is 211 Å². The maximum atomic E-state index is 15.1. The highest BCUT2D eigenvalue weighted by Gasteiger charge is 2.47. The number of nitrogens with zero attached hydrogens (tertiary/aromatic N) is 6. The molecule has 14 atom stereocenters. The molecule has 43 heteroatoms. The topological polar surface area (TPSA) is 629 Å². The first-order valence-corrected chi connectivity index (χ1v) is 47.2. The number of amides is 16. The number of aromatic nitrogens is 4. The maximum Gasteiger partial charge on any atom is 0.246 e. The van der Waals surface area contributed by atoms with Crippen molar-refractivity contribution < 1.29 is 97.1 Å². The number of aliphatic hydroxyl groups is 3. The number of β-amino-alcohol motifs (C(OH)–C–C–N with tert-alkyl or cyclic N) is 1. The van der Waals surface area contributed by atoms with Crippen LogP contribution in [0.4, 0.5) is 0 Å². The number of carbonyl (C=O) groups is 16. The Morgan fingerprint density at radius 2 is 1.07 bits per heavy atom. The standard InChI is InChI=1S/C92H132N22O20S/c1-8-10-24-72(110(6)92(134)75(25-11-9-2)111(7)88(130)67(96-5)38-55-43-99-63-22-15-13-20-61(55)63)84(126)104-64(23-16-32-93)81(123)109-71(80(122)100-45-78(95)120)49-135-50-79(121)103-69(36-53-28-30-58(117)31-29-53)89(131)112-33-18-27-74(112)86(128)108-70(41-77(94)119)90(132)113-34-17-26-73(113)85(127)106-66(39-56-44-97-51-101-56)83(125)107-68(35-52(3)4)91(133)114-46-59(118)40-76(114)87(129)105-65(82(124)102-57(47-115)48-116)37-54-42-98-62-21-14-12-19-60(54)62/h12-15,19-22,28-31,42-44,51-52,57,59,64-76,96,98-99,115-118H,8-11,16-18,23-27,32-41,45-50,93H2,1-7H3,(H2,94,119)(H2,95,120)(H,97,101)(H,100,122)(H,102,124)(H,103,121)(H,104,126)(H,105,129)(H,106,127)(H,107,125)(H,108,128)(H,109,123)/t59-,64+,65+,66+,67+,68+,69+,70+,71+,72+,73+,74+,75+,76+/m1/s1. The van der Waals surface area contributed by atoms with E-state index in [0.717, 1.165) is 48.9 Å². The summed E-state index contributed by atoms with van der Waals surface area (Å²) in [4.78, 5) is 250. The van der Waals surface area contributed by atoms with Crippen molar-refractivity contribution in [3.05, 3.63) is 120 Å². The molecule has 135 heavy (non-hydrogen) atoms. The van der Waals surface area contributed by atoms with Crippen LogP contribution in [0.1, 0.15) is 146 Å². The number of fused-ring (bicyclic) bond motifs is 2. The predicted molar refractivity (Wildman–Crippen MR) is 499 cm³/mol.